The molecule has 4 N–H and O–H groups in total. The molecular weight excluding hydrogens is 491 g/mol. The average molecular weight is 515 g/mol. The van der Waals surface area contributed by atoms with E-state index in [9.17, 15) is 4.79 Å². The van der Waals surface area contributed by atoms with Crippen LogP contribution in [0.5, 0.6) is 11.5 Å². The molecule has 0 aliphatic carbocycles. The minimum absolute atomic E-state index is 0.243. The molecule has 0 spiro atoms. The van der Waals surface area contributed by atoms with Gasteiger partial charge in [0, 0.05) is 28.9 Å². The first-order valence-electron chi connectivity index (χ1n) is 10.7. The summed E-state index contributed by atoms with van der Waals surface area (Å²) in [6.45, 7) is 0.411. The summed E-state index contributed by atoms with van der Waals surface area (Å²) in [6.07, 6.45) is 2.23. The Labute approximate surface area is 212 Å². The summed E-state index contributed by atoms with van der Waals surface area (Å²) in [5, 5.41) is 3.95. The van der Waals surface area contributed by atoms with Crippen molar-refractivity contribution in [3.63, 3.8) is 0 Å². The minimum atomic E-state index is -0.493. The number of nitrogens with two attached hydrogens (primary N) is 1. The van der Waals surface area contributed by atoms with Gasteiger partial charge in [0.1, 0.15) is 18.0 Å². The molecule has 2 aromatic carbocycles. The number of amides is 1. The number of halogens is 2. The van der Waals surface area contributed by atoms with Crippen molar-refractivity contribution in [2.45, 2.75) is 12.5 Å². The molecule has 2 aromatic heterocycles. The maximum Gasteiger partial charge on any atom is 0.269 e. The summed E-state index contributed by atoms with van der Waals surface area (Å²) in [5.74, 6) is 1.50. The van der Waals surface area contributed by atoms with Crippen molar-refractivity contribution in [3.8, 4) is 17.3 Å². The van der Waals surface area contributed by atoms with Crippen LogP contribution in [-0.4, -0.2) is 41.2 Å². The van der Waals surface area contributed by atoms with E-state index < -0.39 is 5.91 Å². The predicted octanol–water partition coefficient (Wildman–Crippen LogP) is 4.48. The highest BCUT2D eigenvalue weighted by Crippen LogP contribution is 2.33. The fraction of sp³-hybridized carbons (Fsp3) is 0.208. The monoisotopic (exact) mass is 514 g/mol. The molecule has 0 aliphatic rings. The zero-order valence-electron chi connectivity index (χ0n) is 19.1. The van der Waals surface area contributed by atoms with Gasteiger partial charge in [-0.1, -0.05) is 23.7 Å². The fourth-order valence-corrected chi connectivity index (χ4v) is 4.12. The first-order valence-corrected chi connectivity index (χ1v) is 11.5. The number of carbonyl (C=O) groups is 1. The summed E-state index contributed by atoms with van der Waals surface area (Å²) in [4.78, 5) is 23.9. The third-order valence-electron chi connectivity index (χ3n) is 5.53. The van der Waals surface area contributed by atoms with Crippen LogP contribution in [0.15, 0.2) is 54.9 Å². The average Bonchev–Trinajstić information content (AvgIpc) is 3.29. The number of imidazole rings is 1. The fourth-order valence-electron chi connectivity index (χ4n) is 3.82. The van der Waals surface area contributed by atoms with E-state index in [0.29, 0.717) is 46.6 Å². The maximum atomic E-state index is 12.5. The Bertz CT molecular complexity index is 1360. The number of hydrogen-bond acceptors (Lipinski definition) is 7. The second-order valence-corrected chi connectivity index (χ2v) is 8.25. The number of methoxy groups -OCH3 is 2. The van der Waals surface area contributed by atoms with Crippen molar-refractivity contribution in [2.24, 2.45) is 5.73 Å². The number of anilines is 1. The zero-order chi connectivity index (χ0) is 24.9. The highest BCUT2D eigenvalue weighted by molar-refractivity contribution is 6.30. The number of rotatable bonds is 9. The third kappa shape index (κ3) is 5.12. The standard InChI is InChI=1S/C24H24Cl2N6O3/c1-34-20-11-18-19(12-21(20)35-2)32(13-28-18)22-7-6-16(24(33)31-26)23(30-22)29-17(8-9-27)14-4-3-5-15(25)10-14/h3-7,10-13,17H,8-9,27H2,1-2H3,(H,29,30)(H,31,33). The molecular formula is C24H24Cl2N6O3. The predicted molar refractivity (Wildman–Crippen MR) is 137 cm³/mol. The summed E-state index contributed by atoms with van der Waals surface area (Å²) >= 11 is 11.8. The summed E-state index contributed by atoms with van der Waals surface area (Å²) in [7, 11) is 3.14. The molecule has 0 saturated carbocycles. The van der Waals surface area contributed by atoms with Crippen LogP contribution in [0, 0.1) is 0 Å². The lowest BCUT2D eigenvalue weighted by atomic mass is 10.0. The minimum Gasteiger partial charge on any atom is -0.493 e. The van der Waals surface area contributed by atoms with E-state index in [0.717, 1.165) is 11.1 Å². The molecule has 2 heterocycles. The number of ether oxygens (including phenoxy) is 2. The number of aromatic nitrogens is 3. The van der Waals surface area contributed by atoms with Gasteiger partial charge >= 0.3 is 0 Å². The molecule has 1 amide bonds. The van der Waals surface area contributed by atoms with Gasteiger partial charge in [-0.3, -0.25) is 14.2 Å². The van der Waals surface area contributed by atoms with Crippen LogP contribution in [0.3, 0.4) is 0 Å². The zero-order valence-corrected chi connectivity index (χ0v) is 20.6. The molecule has 0 bridgehead atoms. The molecule has 0 saturated heterocycles. The first kappa shape index (κ1) is 24.6. The van der Waals surface area contributed by atoms with E-state index in [1.54, 1.807) is 49.4 Å². The second kappa shape index (κ2) is 10.8. The number of nitrogens with zero attached hydrogens (tertiary/aromatic N) is 3. The van der Waals surface area contributed by atoms with Crippen molar-refractivity contribution < 1.29 is 14.3 Å². The van der Waals surface area contributed by atoms with Crippen molar-refractivity contribution in [2.75, 3.05) is 26.1 Å². The van der Waals surface area contributed by atoms with Crippen LogP contribution in [-0.2, 0) is 0 Å². The SMILES string of the molecule is COc1cc2ncn(-c3ccc(C(=O)NCl)c(NC(CCN)c4cccc(Cl)c4)n3)c2cc1OC. The van der Waals surface area contributed by atoms with Gasteiger partial charge in [0.25, 0.3) is 5.91 Å². The first-order chi connectivity index (χ1) is 17.0. The van der Waals surface area contributed by atoms with Crippen LogP contribution in [0.4, 0.5) is 5.82 Å². The van der Waals surface area contributed by atoms with Gasteiger partial charge < -0.3 is 20.5 Å². The molecule has 0 fully saturated rings. The van der Waals surface area contributed by atoms with Crippen LogP contribution in [0.2, 0.25) is 5.02 Å². The lowest BCUT2D eigenvalue weighted by molar-refractivity contribution is 0.0982. The van der Waals surface area contributed by atoms with Gasteiger partial charge in [-0.15, -0.1) is 0 Å². The molecule has 182 valence electrons. The van der Waals surface area contributed by atoms with E-state index in [2.05, 4.69) is 15.1 Å². The number of benzene rings is 2. The van der Waals surface area contributed by atoms with E-state index in [1.165, 1.54) is 0 Å². The van der Waals surface area contributed by atoms with Gasteiger partial charge in [0.05, 0.1) is 36.9 Å². The Morgan fingerprint density at radius 3 is 2.60 bits per heavy atom. The Hall–Kier alpha value is -3.53. The Balaban J connectivity index is 1.81. The van der Waals surface area contributed by atoms with E-state index in [4.69, 9.17) is 43.6 Å². The van der Waals surface area contributed by atoms with Gasteiger partial charge in [0.15, 0.2) is 11.5 Å². The third-order valence-corrected chi connectivity index (χ3v) is 5.93. The smallest absolute Gasteiger partial charge is 0.269 e. The molecule has 0 aliphatic heterocycles. The molecule has 4 aromatic rings. The molecule has 1 atom stereocenters. The van der Waals surface area contributed by atoms with Crippen molar-refractivity contribution in [1.82, 2.24) is 19.4 Å². The van der Waals surface area contributed by atoms with Gasteiger partial charge in [0.2, 0.25) is 0 Å². The topological polar surface area (TPSA) is 116 Å². The van der Waals surface area contributed by atoms with Crippen molar-refractivity contribution >= 4 is 46.1 Å². The lowest BCUT2D eigenvalue weighted by Crippen LogP contribution is -2.21. The number of hydrogen-bond donors (Lipinski definition) is 3. The number of carbonyl (C=O) groups excluding carboxylic acids is 1. The quantitative estimate of drug-likeness (QED) is 0.282. The molecule has 4 rings (SSSR count). The summed E-state index contributed by atoms with van der Waals surface area (Å²) in [5.41, 5.74) is 8.51. The molecule has 35 heavy (non-hydrogen) atoms. The Morgan fingerprint density at radius 1 is 1.14 bits per heavy atom. The summed E-state index contributed by atoms with van der Waals surface area (Å²) < 4.78 is 12.6. The second-order valence-electron chi connectivity index (χ2n) is 7.63. The largest absolute Gasteiger partial charge is 0.493 e. The van der Waals surface area contributed by atoms with Gasteiger partial charge in [-0.25, -0.2) is 9.97 Å². The van der Waals surface area contributed by atoms with Crippen molar-refractivity contribution in [3.05, 3.63) is 71.0 Å². The maximum absolute atomic E-state index is 12.5. The number of fused-ring (bicyclic) bond motifs is 1. The highest BCUT2D eigenvalue weighted by Gasteiger charge is 2.20. The Morgan fingerprint density at radius 2 is 1.91 bits per heavy atom. The van der Waals surface area contributed by atoms with Crippen LogP contribution in [0.25, 0.3) is 16.9 Å². The summed E-state index contributed by atoms with van der Waals surface area (Å²) in [6, 6.07) is 14.2. The lowest BCUT2D eigenvalue weighted by Gasteiger charge is -2.21. The Kier molecular flexibility index (Phi) is 7.60. The molecule has 1 unspecified atom stereocenters. The number of nitrogens with one attached hydrogen (secondary N) is 2. The molecule has 0 radical (unpaired) electrons. The van der Waals surface area contributed by atoms with Crippen molar-refractivity contribution in [1.29, 1.82) is 0 Å². The van der Waals surface area contributed by atoms with Crippen LogP contribution < -0.4 is 25.4 Å². The number of pyridine rings is 1. The van der Waals surface area contributed by atoms with E-state index >= 15 is 0 Å². The van der Waals surface area contributed by atoms with Gasteiger partial charge in [-0.05, 0) is 42.8 Å². The molecule has 9 nitrogen and oxygen atoms in total. The highest BCUT2D eigenvalue weighted by atomic mass is 35.5. The van der Waals surface area contributed by atoms with E-state index in [-0.39, 0.29) is 11.6 Å². The normalized spacial score (nSPS) is 11.8. The van der Waals surface area contributed by atoms with E-state index in [1.807, 2.05) is 24.3 Å². The van der Waals surface area contributed by atoms with Crippen LogP contribution in [0.1, 0.15) is 28.4 Å². The van der Waals surface area contributed by atoms with Gasteiger partial charge in [-0.2, -0.15) is 0 Å². The van der Waals surface area contributed by atoms with Crippen LogP contribution >= 0.6 is 23.4 Å². The molecule has 11 heteroatoms.